The molecule has 1 aromatic heterocycles. The van der Waals surface area contributed by atoms with E-state index < -0.39 is 16.0 Å². The van der Waals surface area contributed by atoms with E-state index in [4.69, 9.17) is 9.47 Å². The largest absolute Gasteiger partial charge is 0.464 e. The van der Waals surface area contributed by atoms with Crippen molar-refractivity contribution in [2.24, 2.45) is 7.05 Å². The minimum atomic E-state index is -3.92. The Morgan fingerprint density at radius 3 is 2.41 bits per heavy atom. The van der Waals surface area contributed by atoms with E-state index in [0.717, 1.165) is 18.4 Å². The third-order valence-electron chi connectivity index (χ3n) is 6.00. The predicted octanol–water partition coefficient (Wildman–Crippen LogP) is 2.79. The average Bonchev–Trinajstić information content (AvgIpc) is 3.33. The van der Waals surface area contributed by atoms with Gasteiger partial charge in [0.25, 0.3) is 0 Å². The first-order chi connectivity index (χ1) is 15.1. The van der Waals surface area contributed by atoms with E-state index in [1.807, 2.05) is 6.92 Å². The lowest BCUT2D eigenvalue weighted by atomic mass is 10.1. The van der Waals surface area contributed by atoms with E-state index in [-0.39, 0.29) is 35.6 Å². The molecule has 0 amide bonds. The highest BCUT2D eigenvalue weighted by molar-refractivity contribution is 7.89. The van der Waals surface area contributed by atoms with Crippen molar-refractivity contribution in [3.8, 4) is 0 Å². The summed E-state index contributed by atoms with van der Waals surface area (Å²) < 4.78 is 40.2. The molecule has 0 aliphatic carbocycles. The van der Waals surface area contributed by atoms with Gasteiger partial charge in [0.05, 0.1) is 24.7 Å². The molecule has 2 aromatic rings. The molecule has 0 bridgehead atoms. The molecule has 1 aliphatic heterocycles. The molecule has 0 spiro atoms. The maximum atomic E-state index is 13.4. The van der Waals surface area contributed by atoms with Gasteiger partial charge in [0.1, 0.15) is 5.69 Å². The fourth-order valence-electron chi connectivity index (χ4n) is 4.14. The van der Waals surface area contributed by atoms with Crippen LogP contribution in [0.15, 0.2) is 29.2 Å². The van der Waals surface area contributed by atoms with E-state index in [2.05, 4.69) is 0 Å². The summed E-state index contributed by atoms with van der Waals surface area (Å²) >= 11 is 0. The third kappa shape index (κ3) is 4.65. The topological polar surface area (TPSA) is 94.9 Å². The van der Waals surface area contributed by atoms with Crippen molar-refractivity contribution in [1.82, 2.24) is 8.87 Å². The van der Waals surface area contributed by atoms with Crippen LogP contribution in [-0.4, -0.2) is 62.0 Å². The lowest BCUT2D eigenvalue weighted by molar-refractivity contribution is 0.0588. The number of carbonyl (C=O) groups excluding carboxylic acids is 2. The van der Waals surface area contributed by atoms with Gasteiger partial charge in [-0.15, -0.1) is 0 Å². The van der Waals surface area contributed by atoms with Crippen molar-refractivity contribution in [3.05, 3.63) is 52.3 Å². The number of aryl methyl sites for hydroxylation is 1. The van der Waals surface area contributed by atoms with Crippen molar-refractivity contribution in [1.29, 1.82) is 0 Å². The standard InChI is InChI=1S/C23H30N2O6S/c1-15-8-10-19(11-9-15)32(28,29)25(13-18-7-6-12-31-18)14-20(26)21-16(2)22(23(27)30-5)24(4)17(21)3/h8-11,18H,6-7,12-14H2,1-5H3/t18-/m0/s1. The van der Waals surface area contributed by atoms with E-state index in [1.54, 1.807) is 49.7 Å². The van der Waals surface area contributed by atoms with Gasteiger partial charge < -0.3 is 14.0 Å². The smallest absolute Gasteiger partial charge is 0.354 e. The Labute approximate surface area is 189 Å². The molecule has 32 heavy (non-hydrogen) atoms. The number of ether oxygens (including phenoxy) is 2. The molecule has 1 atom stereocenters. The van der Waals surface area contributed by atoms with Gasteiger partial charge in [-0.25, -0.2) is 13.2 Å². The van der Waals surface area contributed by atoms with Gasteiger partial charge >= 0.3 is 5.97 Å². The van der Waals surface area contributed by atoms with Crippen LogP contribution >= 0.6 is 0 Å². The summed E-state index contributed by atoms with van der Waals surface area (Å²) in [5.74, 6) is -0.921. The molecule has 1 aromatic carbocycles. The van der Waals surface area contributed by atoms with Crippen LogP contribution in [0.4, 0.5) is 0 Å². The van der Waals surface area contributed by atoms with Crippen molar-refractivity contribution >= 4 is 21.8 Å². The number of sulfonamides is 1. The van der Waals surface area contributed by atoms with Gasteiger partial charge in [-0.2, -0.15) is 4.31 Å². The number of aromatic nitrogens is 1. The van der Waals surface area contributed by atoms with Crippen molar-refractivity contribution < 1.29 is 27.5 Å². The van der Waals surface area contributed by atoms with E-state index in [9.17, 15) is 18.0 Å². The second-order valence-electron chi connectivity index (χ2n) is 8.15. The normalized spacial score (nSPS) is 16.5. The molecular formula is C23H30N2O6S. The van der Waals surface area contributed by atoms with Crippen molar-refractivity contribution in [3.63, 3.8) is 0 Å². The summed E-state index contributed by atoms with van der Waals surface area (Å²) in [7, 11) is -0.964. The number of rotatable bonds is 8. The molecule has 1 saturated heterocycles. The van der Waals surface area contributed by atoms with Gasteiger partial charge in [-0.3, -0.25) is 4.79 Å². The molecule has 3 rings (SSSR count). The van der Waals surface area contributed by atoms with Crippen LogP contribution in [0.2, 0.25) is 0 Å². The zero-order valence-electron chi connectivity index (χ0n) is 19.2. The average molecular weight is 463 g/mol. The lowest BCUT2D eigenvalue weighted by Gasteiger charge is -2.24. The van der Waals surface area contributed by atoms with Crippen LogP contribution in [0, 0.1) is 20.8 Å². The van der Waals surface area contributed by atoms with Gasteiger partial charge in [0.15, 0.2) is 5.78 Å². The molecule has 0 radical (unpaired) electrons. The summed E-state index contributed by atoms with van der Waals surface area (Å²) in [5.41, 5.74) is 2.62. The second kappa shape index (κ2) is 9.56. The molecule has 9 heteroatoms. The van der Waals surface area contributed by atoms with Gasteiger partial charge in [-0.1, -0.05) is 17.7 Å². The number of Topliss-reactive ketones (excluding diaryl/α,β-unsaturated/α-hetero) is 1. The highest BCUT2D eigenvalue weighted by Crippen LogP contribution is 2.25. The minimum absolute atomic E-state index is 0.0940. The van der Waals surface area contributed by atoms with E-state index in [1.165, 1.54) is 11.4 Å². The first-order valence-electron chi connectivity index (χ1n) is 10.5. The van der Waals surface area contributed by atoms with Crippen molar-refractivity contribution in [2.45, 2.75) is 44.6 Å². The number of hydrogen-bond donors (Lipinski definition) is 0. The van der Waals surface area contributed by atoms with Gasteiger partial charge in [0, 0.05) is 31.5 Å². The Bertz CT molecular complexity index is 1110. The fraction of sp³-hybridized carbons (Fsp3) is 0.478. The monoisotopic (exact) mass is 462 g/mol. The maximum Gasteiger partial charge on any atom is 0.354 e. The van der Waals surface area contributed by atoms with E-state index >= 15 is 0 Å². The number of methoxy groups -OCH3 is 1. The summed E-state index contributed by atoms with van der Waals surface area (Å²) in [6.45, 7) is 5.61. The molecule has 8 nitrogen and oxygen atoms in total. The van der Waals surface area contributed by atoms with Crippen LogP contribution in [0.5, 0.6) is 0 Å². The molecule has 0 unspecified atom stereocenters. The van der Waals surface area contributed by atoms with Gasteiger partial charge in [-0.05, 0) is 51.3 Å². The Kier molecular flexibility index (Phi) is 7.22. The summed E-state index contributed by atoms with van der Waals surface area (Å²) in [5, 5.41) is 0. The predicted molar refractivity (Wildman–Crippen MR) is 119 cm³/mol. The number of nitrogens with zero attached hydrogens (tertiary/aromatic N) is 2. The molecule has 0 N–H and O–H groups in total. The number of esters is 1. The molecule has 0 saturated carbocycles. The lowest BCUT2D eigenvalue weighted by Crippen LogP contribution is -2.41. The molecule has 1 fully saturated rings. The Hall–Kier alpha value is -2.49. The molecule has 174 valence electrons. The first kappa shape index (κ1) is 24.2. The highest BCUT2D eigenvalue weighted by atomic mass is 32.2. The van der Waals surface area contributed by atoms with E-state index in [0.29, 0.717) is 23.4 Å². The number of ketones is 1. The number of benzene rings is 1. The summed E-state index contributed by atoms with van der Waals surface area (Å²) in [4.78, 5) is 25.7. The Morgan fingerprint density at radius 1 is 1.19 bits per heavy atom. The van der Waals surface area contributed by atoms with Crippen LogP contribution in [0.3, 0.4) is 0 Å². The minimum Gasteiger partial charge on any atom is -0.464 e. The second-order valence-corrected chi connectivity index (χ2v) is 10.1. The Morgan fingerprint density at radius 2 is 1.84 bits per heavy atom. The Balaban J connectivity index is 1.97. The SMILES string of the molecule is COC(=O)c1c(C)c(C(=O)CN(C[C@@H]2CCCO2)S(=O)(=O)c2ccc(C)cc2)c(C)n1C. The fourth-order valence-corrected chi connectivity index (χ4v) is 5.56. The zero-order valence-corrected chi connectivity index (χ0v) is 20.0. The maximum absolute atomic E-state index is 13.4. The van der Waals surface area contributed by atoms with Crippen molar-refractivity contribution in [2.75, 3.05) is 26.8 Å². The van der Waals surface area contributed by atoms with Crippen LogP contribution in [0.25, 0.3) is 0 Å². The number of carbonyl (C=O) groups is 2. The first-order valence-corrected chi connectivity index (χ1v) is 12.0. The quantitative estimate of drug-likeness (QED) is 0.442. The van der Waals surface area contributed by atoms with Crippen LogP contribution < -0.4 is 0 Å². The number of hydrogen-bond acceptors (Lipinski definition) is 6. The third-order valence-corrected chi connectivity index (χ3v) is 7.82. The van der Waals surface area contributed by atoms with Gasteiger partial charge in [0.2, 0.25) is 10.0 Å². The molecule has 2 heterocycles. The highest BCUT2D eigenvalue weighted by Gasteiger charge is 2.33. The zero-order chi connectivity index (χ0) is 23.6. The molecular weight excluding hydrogens is 432 g/mol. The summed E-state index contributed by atoms with van der Waals surface area (Å²) in [6, 6.07) is 6.55. The molecule has 1 aliphatic rings. The van der Waals surface area contributed by atoms with Crippen LogP contribution in [-0.2, 0) is 26.5 Å². The summed E-state index contributed by atoms with van der Waals surface area (Å²) in [6.07, 6.45) is 1.34. The van der Waals surface area contributed by atoms with Crippen LogP contribution in [0.1, 0.15) is 50.5 Å².